The molecule has 2 rings (SSSR count). The Morgan fingerprint density at radius 2 is 2.21 bits per heavy atom. The molecule has 0 bridgehead atoms. The van der Waals surface area contributed by atoms with E-state index in [-0.39, 0.29) is 0 Å². The Labute approximate surface area is 116 Å². The molecule has 1 aromatic heterocycles. The van der Waals surface area contributed by atoms with Crippen molar-refractivity contribution in [1.29, 1.82) is 0 Å². The number of hydrogen-bond acceptors (Lipinski definition) is 3. The van der Waals surface area contributed by atoms with E-state index in [2.05, 4.69) is 54.2 Å². The number of rotatable bonds is 5. The van der Waals surface area contributed by atoms with Crippen molar-refractivity contribution in [3.8, 4) is 0 Å². The van der Waals surface area contributed by atoms with Gasteiger partial charge in [0.1, 0.15) is 0 Å². The molecule has 0 saturated heterocycles. The third-order valence-electron chi connectivity index (χ3n) is 3.51. The van der Waals surface area contributed by atoms with Crippen molar-refractivity contribution in [2.45, 2.75) is 46.3 Å². The van der Waals surface area contributed by atoms with Crippen LogP contribution in [0, 0.1) is 0 Å². The first-order valence-corrected chi connectivity index (χ1v) is 7.18. The summed E-state index contributed by atoms with van der Waals surface area (Å²) in [5.41, 5.74) is 3.94. The molecule has 0 radical (unpaired) electrons. The van der Waals surface area contributed by atoms with Crippen LogP contribution < -0.4 is 5.32 Å². The molecule has 19 heavy (non-hydrogen) atoms. The fraction of sp³-hybridized carbons (Fsp3) is 0.562. The maximum Gasteiger partial charge on any atom is 0.0544 e. The van der Waals surface area contributed by atoms with Crippen molar-refractivity contribution in [2.75, 3.05) is 13.1 Å². The van der Waals surface area contributed by atoms with Gasteiger partial charge in [0.25, 0.3) is 0 Å². The second-order valence-electron chi connectivity index (χ2n) is 5.73. The number of nitrogens with zero attached hydrogens (tertiary/aromatic N) is 2. The molecule has 104 valence electrons. The van der Waals surface area contributed by atoms with Crippen molar-refractivity contribution < 1.29 is 0 Å². The third-order valence-corrected chi connectivity index (χ3v) is 3.51. The maximum absolute atomic E-state index is 4.57. The quantitative estimate of drug-likeness (QED) is 0.824. The number of nitrogens with one attached hydrogen (secondary N) is 1. The summed E-state index contributed by atoms with van der Waals surface area (Å²) in [7, 11) is 0. The highest BCUT2D eigenvalue weighted by Crippen LogP contribution is 2.12. The Balaban J connectivity index is 1.85. The highest BCUT2D eigenvalue weighted by atomic mass is 15.1. The van der Waals surface area contributed by atoms with Gasteiger partial charge in [-0.3, -0.25) is 9.88 Å². The molecule has 3 nitrogen and oxygen atoms in total. The third kappa shape index (κ3) is 4.77. The molecule has 1 N–H and O–H groups in total. The summed E-state index contributed by atoms with van der Waals surface area (Å²) in [6.45, 7) is 10.6. The monoisotopic (exact) mass is 259 g/mol. The molecule has 0 aromatic carbocycles. The summed E-state index contributed by atoms with van der Waals surface area (Å²) in [5.74, 6) is 0. The minimum absolute atomic E-state index is 0.517. The Bertz CT molecular complexity index is 420. The number of pyridine rings is 1. The van der Waals surface area contributed by atoms with Crippen molar-refractivity contribution in [3.05, 3.63) is 41.2 Å². The van der Waals surface area contributed by atoms with Crippen LogP contribution in [0.3, 0.4) is 0 Å². The van der Waals surface area contributed by atoms with E-state index < -0.39 is 0 Å². The van der Waals surface area contributed by atoms with E-state index in [1.165, 1.54) is 23.3 Å². The average molecular weight is 259 g/mol. The van der Waals surface area contributed by atoms with Gasteiger partial charge in [0.2, 0.25) is 0 Å². The fourth-order valence-electron chi connectivity index (χ4n) is 2.16. The Kier molecular flexibility index (Phi) is 5.11. The van der Waals surface area contributed by atoms with Crippen LogP contribution in [-0.4, -0.2) is 29.0 Å². The van der Waals surface area contributed by atoms with Crippen LogP contribution in [0.2, 0.25) is 0 Å². The van der Waals surface area contributed by atoms with Gasteiger partial charge in [-0.05, 0) is 25.0 Å². The van der Waals surface area contributed by atoms with E-state index in [1.54, 1.807) is 0 Å². The lowest BCUT2D eigenvalue weighted by Gasteiger charge is -2.24. The van der Waals surface area contributed by atoms with Crippen LogP contribution in [-0.2, 0) is 13.1 Å². The van der Waals surface area contributed by atoms with Gasteiger partial charge < -0.3 is 5.32 Å². The molecule has 0 spiro atoms. The Morgan fingerprint density at radius 3 is 2.79 bits per heavy atom. The molecule has 1 aromatic rings. The van der Waals surface area contributed by atoms with E-state index in [9.17, 15) is 0 Å². The van der Waals surface area contributed by atoms with Crippen LogP contribution >= 0.6 is 0 Å². The molecule has 1 aliphatic rings. The van der Waals surface area contributed by atoms with Crippen molar-refractivity contribution in [3.63, 3.8) is 0 Å². The molecule has 0 saturated carbocycles. The fourth-order valence-corrected chi connectivity index (χ4v) is 2.16. The standard InChI is InChI=1S/C16H25N3/c1-13(2)17-10-15-4-5-16(18-11-15)12-19-8-6-14(3)7-9-19/h4-6,11,13,17H,7-10,12H2,1-3H3. The summed E-state index contributed by atoms with van der Waals surface area (Å²) < 4.78 is 0. The molecule has 0 unspecified atom stereocenters. The molecule has 3 heteroatoms. The van der Waals surface area contributed by atoms with Crippen LogP contribution in [0.1, 0.15) is 38.4 Å². The molecule has 0 aliphatic carbocycles. The first-order valence-electron chi connectivity index (χ1n) is 7.18. The molecule has 0 amide bonds. The van der Waals surface area contributed by atoms with E-state index in [1.807, 2.05) is 6.20 Å². The zero-order valence-corrected chi connectivity index (χ0v) is 12.3. The van der Waals surface area contributed by atoms with Crippen molar-refractivity contribution in [2.24, 2.45) is 0 Å². The van der Waals surface area contributed by atoms with Crippen LogP contribution in [0.15, 0.2) is 30.0 Å². The van der Waals surface area contributed by atoms with E-state index in [0.717, 1.165) is 26.2 Å². The predicted octanol–water partition coefficient (Wildman–Crippen LogP) is 2.73. The van der Waals surface area contributed by atoms with Crippen LogP contribution in [0.5, 0.6) is 0 Å². The summed E-state index contributed by atoms with van der Waals surface area (Å²) in [4.78, 5) is 7.01. The maximum atomic E-state index is 4.57. The lowest BCUT2D eigenvalue weighted by atomic mass is 10.1. The lowest BCUT2D eigenvalue weighted by Crippen LogP contribution is -2.28. The van der Waals surface area contributed by atoms with Gasteiger partial charge in [-0.25, -0.2) is 0 Å². The van der Waals surface area contributed by atoms with Gasteiger partial charge in [0.15, 0.2) is 0 Å². The normalized spacial score (nSPS) is 16.7. The first-order chi connectivity index (χ1) is 9.13. The zero-order chi connectivity index (χ0) is 13.7. The first kappa shape index (κ1) is 14.2. The molecule has 0 atom stereocenters. The van der Waals surface area contributed by atoms with Gasteiger partial charge in [-0.2, -0.15) is 0 Å². The highest BCUT2D eigenvalue weighted by molar-refractivity contribution is 5.14. The Hall–Kier alpha value is -1.19. The molecule has 2 heterocycles. The zero-order valence-electron chi connectivity index (χ0n) is 12.3. The topological polar surface area (TPSA) is 28.2 Å². The minimum atomic E-state index is 0.517. The van der Waals surface area contributed by atoms with Gasteiger partial charge in [0.05, 0.1) is 5.69 Å². The summed E-state index contributed by atoms with van der Waals surface area (Å²) >= 11 is 0. The largest absolute Gasteiger partial charge is 0.310 e. The Morgan fingerprint density at radius 1 is 1.37 bits per heavy atom. The lowest BCUT2D eigenvalue weighted by molar-refractivity contribution is 0.282. The predicted molar refractivity (Wildman–Crippen MR) is 79.9 cm³/mol. The molecule has 1 aliphatic heterocycles. The van der Waals surface area contributed by atoms with E-state index >= 15 is 0 Å². The molecular formula is C16H25N3. The SMILES string of the molecule is CC1=CCN(Cc2ccc(CNC(C)C)cn2)CC1. The summed E-state index contributed by atoms with van der Waals surface area (Å²) in [6.07, 6.45) is 5.51. The molecular weight excluding hydrogens is 234 g/mol. The smallest absolute Gasteiger partial charge is 0.0544 e. The van der Waals surface area contributed by atoms with Gasteiger partial charge in [-0.15, -0.1) is 0 Å². The highest BCUT2D eigenvalue weighted by Gasteiger charge is 2.10. The summed E-state index contributed by atoms with van der Waals surface area (Å²) in [5, 5.41) is 3.41. The second kappa shape index (κ2) is 6.83. The van der Waals surface area contributed by atoms with E-state index in [0.29, 0.717) is 6.04 Å². The van der Waals surface area contributed by atoms with Crippen LogP contribution in [0.25, 0.3) is 0 Å². The van der Waals surface area contributed by atoms with Gasteiger partial charge in [-0.1, -0.05) is 31.6 Å². The van der Waals surface area contributed by atoms with Crippen molar-refractivity contribution in [1.82, 2.24) is 15.2 Å². The number of hydrogen-bond donors (Lipinski definition) is 1. The minimum Gasteiger partial charge on any atom is -0.310 e. The number of aromatic nitrogens is 1. The van der Waals surface area contributed by atoms with E-state index in [4.69, 9.17) is 0 Å². The summed E-state index contributed by atoms with van der Waals surface area (Å²) in [6, 6.07) is 4.86. The van der Waals surface area contributed by atoms with Crippen molar-refractivity contribution >= 4 is 0 Å². The average Bonchev–Trinajstić information content (AvgIpc) is 2.40. The van der Waals surface area contributed by atoms with Gasteiger partial charge in [0, 0.05) is 38.4 Å². The second-order valence-corrected chi connectivity index (χ2v) is 5.73. The van der Waals surface area contributed by atoms with Gasteiger partial charge >= 0.3 is 0 Å². The van der Waals surface area contributed by atoms with Crippen LogP contribution in [0.4, 0.5) is 0 Å². The molecule has 0 fully saturated rings.